The number of rotatable bonds is 5. The molecule has 0 fully saturated rings. The molecule has 96 valence electrons. The lowest BCUT2D eigenvalue weighted by molar-refractivity contribution is -0.137. The molecule has 0 heterocycles. The molecular weight excluding hydrogens is 229 g/mol. The maximum Gasteiger partial charge on any atom is 0.418 e. The fourth-order valence-electron chi connectivity index (χ4n) is 1.53. The monoisotopic (exact) mass is 246 g/mol. The van der Waals surface area contributed by atoms with Crippen molar-refractivity contribution in [2.24, 2.45) is 0 Å². The predicted molar refractivity (Wildman–Crippen MR) is 63.2 cm³/mol. The molecule has 0 aromatic heterocycles. The van der Waals surface area contributed by atoms with E-state index in [1.807, 2.05) is 7.05 Å². The van der Waals surface area contributed by atoms with E-state index in [2.05, 4.69) is 10.6 Å². The minimum atomic E-state index is -4.31. The standard InChI is InChI=1S/C12H17F3N2/c1-9-4-5-11(17-7-3-6-16-2)10(8-9)12(13,14)15/h4-5,8,16-17H,3,6-7H2,1-2H3. The SMILES string of the molecule is CNCCCNc1ccc(C)cc1C(F)(F)F. The zero-order chi connectivity index (χ0) is 12.9. The Balaban J connectivity index is 2.77. The Morgan fingerprint density at radius 2 is 1.88 bits per heavy atom. The molecule has 2 nitrogen and oxygen atoms in total. The number of halogens is 3. The predicted octanol–water partition coefficient (Wildman–Crippen LogP) is 3.04. The topological polar surface area (TPSA) is 24.1 Å². The van der Waals surface area contributed by atoms with E-state index in [1.54, 1.807) is 13.0 Å². The van der Waals surface area contributed by atoms with Gasteiger partial charge in [-0.1, -0.05) is 11.6 Å². The first-order chi connectivity index (χ1) is 7.95. The van der Waals surface area contributed by atoms with E-state index in [1.165, 1.54) is 12.1 Å². The fourth-order valence-corrected chi connectivity index (χ4v) is 1.53. The lowest BCUT2D eigenvalue weighted by atomic mass is 10.1. The van der Waals surface area contributed by atoms with Crippen molar-refractivity contribution in [2.45, 2.75) is 19.5 Å². The minimum absolute atomic E-state index is 0.152. The lowest BCUT2D eigenvalue weighted by Gasteiger charge is -2.15. The lowest BCUT2D eigenvalue weighted by Crippen LogP contribution is -2.15. The Labute approximate surface area is 99.2 Å². The number of anilines is 1. The molecule has 0 spiro atoms. The van der Waals surface area contributed by atoms with Gasteiger partial charge in [-0.3, -0.25) is 0 Å². The Morgan fingerprint density at radius 1 is 1.18 bits per heavy atom. The molecule has 1 aromatic carbocycles. The smallest absolute Gasteiger partial charge is 0.385 e. The highest BCUT2D eigenvalue weighted by molar-refractivity contribution is 5.54. The first kappa shape index (κ1) is 13.8. The van der Waals surface area contributed by atoms with Gasteiger partial charge in [-0.2, -0.15) is 13.2 Å². The van der Waals surface area contributed by atoms with Crippen LogP contribution in [0.4, 0.5) is 18.9 Å². The number of hydrogen-bond acceptors (Lipinski definition) is 2. The number of benzene rings is 1. The van der Waals surface area contributed by atoms with Gasteiger partial charge < -0.3 is 10.6 Å². The van der Waals surface area contributed by atoms with Crippen molar-refractivity contribution in [2.75, 3.05) is 25.5 Å². The number of nitrogens with one attached hydrogen (secondary N) is 2. The third-order valence-corrected chi connectivity index (χ3v) is 2.40. The Kier molecular flexibility index (Phi) is 4.81. The molecule has 0 saturated heterocycles. The van der Waals surface area contributed by atoms with Gasteiger partial charge in [0.1, 0.15) is 0 Å². The molecule has 1 aromatic rings. The number of hydrogen-bond donors (Lipinski definition) is 2. The summed E-state index contributed by atoms with van der Waals surface area (Å²) in [5.41, 5.74) is 0.166. The number of aryl methyl sites for hydroxylation is 1. The third kappa shape index (κ3) is 4.26. The maximum absolute atomic E-state index is 12.8. The van der Waals surface area contributed by atoms with Crippen molar-refractivity contribution in [3.8, 4) is 0 Å². The van der Waals surface area contributed by atoms with Crippen LogP contribution in [0.15, 0.2) is 18.2 Å². The van der Waals surface area contributed by atoms with Crippen LogP contribution in [-0.4, -0.2) is 20.1 Å². The van der Waals surface area contributed by atoms with E-state index in [9.17, 15) is 13.2 Å². The van der Waals surface area contributed by atoms with Crippen molar-refractivity contribution >= 4 is 5.69 Å². The summed E-state index contributed by atoms with van der Waals surface area (Å²) < 4.78 is 38.3. The largest absolute Gasteiger partial charge is 0.418 e. The Bertz CT molecular complexity index is 361. The van der Waals surface area contributed by atoms with Crippen molar-refractivity contribution in [3.63, 3.8) is 0 Å². The van der Waals surface area contributed by atoms with Gasteiger partial charge in [0.25, 0.3) is 0 Å². The summed E-state index contributed by atoms with van der Waals surface area (Å²) in [6.07, 6.45) is -3.53. The summed E-state index contributed by atoms with van der Waals surface area (Å²) in [4.78, 5) is 0. The van der Waals surface area contributed by atoms with Gasteiger partial charge in [-0.05, 0) is 39.1 Å². The molecule has 17 heavy (non-hydrogen) atoms. The Hall–Kier alpha value is -1.23. The molecule has 5 heteroatoms. The van der Waals surface area contributed by atoms with Crippen molar-refractivity contribution < 1.29 is 13.2 Å². The van der Waals surface area contributed by atoms with E-state index in [0.717, 1.165) is 13.0 Å². The van der Waals surface area contributed by atoms with Gasteiger partial charge in [-0.25, -0.2) is 0 Å². The average molecular weight is 246 g/mol. The molecular formula is C12H17F3N2. The van der Waals surface area contributed by atoms with Gasteiger partial charge in [-0.15, -0.1) is 0 Å². The van der Waals surface area contributed by atoms with Crippen LogP contribution >= 0.6 is 0 Å². The zero-order valence-corrected chi connectivity index (χ0v) is 9.99. The van der Waals surface area contributed by atoms with Crippen LogP contribution in [0.2, 0.25) is 0 Å². The molecule has 0 saturated carbocycles. The van der Waals surface area contributed by atoms with Crippen molar-refractivity contribution in [3.05, 3.63) is 29.3 Å². The van der Waals surface area contributed by atoms with Gasteiger partial charge in [0, 0.05) is 12.2 Å². The summed E-state index contributed by atoms with van der Waals surface area (Å²) in [7, 11) is 1.81. The minimum Gasteiger partial charge on any atom is -0.385 e. The molecule has 0 aliphatic rings. The quantitative estimate of drug-likeness (QED) is 0.780. The maximum atomic E-state index is 12.8. The van der Waals surface area contributed by atoms with Crippen LogP contribution in [0.3, 0.4) is 0 Å². The molecule has 0 radical (unpaired) electrons. The highest BCUT2D eigenvalue weighted by atomic mass is 19.4. The first-order valence-electron chi connectivity index (χ1n) is 5.51. The van der Waals surface area contributed by atoms with Crippen LogP contribution in [0.1, 0.15) is 17.5 Å². The summed E-state index contributed by atoms with van der Waals surface area (Å²) >= 11 is 0. The van der Waals surface area contributed by atoms with E-state index in [-0.39, 0.29) is 5.69 Å². The summed E-state index contributed by atoms with van der Waals surface area (Å²) in [5, 5.41) is 5.77. The Morgan fingerprint density at radius 3 is 2.47 bits per heavy atom. The molecule has 0 aliphatic heterocycles. The second-order valence-corrected chi connectivity index (χ2v) is 3.93. The van der Waals surface area contributed by atoms with Gasteiger partial charge in [0.2, 0.25) is 0 Å². The molecule has 0 unspecified atom stereocenters. The molecule has 0 atom stereocenters. The summed E-state index contributed by atoms with van der Waals surface area (Å²) in [6.45, 7) is 2.95. The average Bonchev–Trinajstić information content (AvgIpc) is 2.25. The second-order valence-electron chi connectivity index (χ2n) is 3.93. The van der Waals surface area contributed by atoms with E-state index in [0.29, 0.717) is 12.1 Å². The number of alkyl halides is 3. The normalized spacial score (nSPS) is 11.6. The highest BCUT2D eigenvalue weighted by Crippen LogP contribution is 2.35. The van der Waals surface area contributed by atoms with Crippen LogP contribution in [0.5, 0.6) is 0 Å². The van der Waals surface area contributed by atoms with E-state index < -0.39 is 11.7 Å². The van der Waals surface area contributed by atoms with Gasteiger partial charge in [0.05, 0.1) is 5.56 Å². The van der Waals surface area contributed by atoms with E-state index >= 15 is 0 Å². The molecule has 1 rings (SSSR count). The molecule has 0 amide bonds. The van der Waals surface area contributed by atoms with Crippen LogP contribution < -0.4 is 10.6 Å². The van der Waals surface area contributed by atoms with Crippen LogP contribution in [-0.2, 0) is 6.18 Å². The zero-order valence-electron chi connectivity index (χ0n) is 9.99. The van der Waals surface area contributed by atoms with Crippen molar-refractivity contribution in [1.29, 1.82) is 0 Å². The third-order valence-electron chi connectivity index (χ3n) is 2.40. The molecule has 0 bridgehead atoms. The summed E-state index contributed by atoms with van der Waals surface area (Å²) in [6, 6.07) is 4.33. The molecule has 2 N–H and O–H groups in total. The van der Waals surface area contributed by atoms with Crippen LogP contribution in [0.25, 0.3) is 0 Å². The van der Waals surface area contributed by atoms with Gasteiger partial charge >= 0.3 is 6.18 Å². The fraction of sp³-hybridized carbons (Fsp3) is 0.500. The van der Waals surface area contributed by atoms with Gasteiger partial charge in [0.15, 0.2) is 0 Å². The second kappa shape index (κ2) is 5.91. The highest BCUT2D eigenvalue weighted by Gasteiger charge is 2.33. The first-order valence-corrected chi connectivity index (χ1v) is 5.51. The van der Waals surface area contributed by atoms with E-state index in [4.69, 9.17) is 0 Å². The summed E-state index contributed by atoms with van der Waals surface area (Å²) in [5.74, 6) is 0. The van der Waals surface area contributed by atoms with Crippen molar-refractivity contribution in [1.82, 2.24) is 5.32 Å². The van der Waals surface area contributed by atoms with Crippen LogP contribution in [0, 0.1) is 6.92 Å². The molecule has 0 aliphatic carbocycles.